The summed E-state index contributed by atoms with van der Waals surface area (Å²) in [5.41, 5.74) is 2.44. The van der Waals surface area contributed by atoms with Crippen LogP contribution in [0.2, 0.25) is 0 Å². The summed E-state index contributed by atoms with van der Waals surface area (Å²) in [4.78, 5) is 27.7. The number of amides is 1. The Morgan fingerprint density at radius 3 is 2.35 bits per heavy atom. The number of anilines is 3. The summed E-state index contributed by atoms with van der Waals surface area (Å²) in [6, 6.07) is 15.8. The molecule has 0 fully saturated rings. The highest BCUT2D eigenvalue weighted by Crippen LogP contribution is 2.19. The van der Waals surface area contributed by atoms with E-state index < -0.39 is 5.82 Å². The zero-order chi connectivity index (χ0) is 18.5. The third-order valence-corrected chi connectivity index (χ3v) is 3.67. The molecule has 0 unspecified atom stereocenters. The number of benzene rings is 2. The molecule has 0 aliphatic carbocycles. The Morgan fingerprint density at radius 1 is 0.923 bits per heavy atom. The summed E-state index contributed by atoms with van der Waals surface area (Å²) >= 11 is 0. The Kier molecular flexibility index (Phi) is 5.03. The third kappa shape index (κ3) is 4.30. The van der Waals surface area contributed by atoms with Crippen molar-refractivity contribution < 1.29 is 14.0 Å². The molecular weight excluding hydrogens is 333 g/mol. The summed E-state index contributed by atoms with van der Waals surface area (Å²) in [5, 5.41) is 5.80. The van der Waals surface area contributed by atoms with Gasteiger partial charge in [-0.15, -0.1) is 0 Å². The Labute approximate surface area is 149 Å². The monoisotopic (exact) mass is 349 g/mol. The van der Waals surface area contributed by atoms with E-state index in [1.54, 1.807) is 36.5 Å². The van der Waals surface area contributed by atoms with E-state index in [0.717, 1.165) is 5.69 Å². The molecule has 2 N–H and O–H groups in total. The lowest BCUT2D eigenvalue weighted by Gasteiger charge is -2.09. The third-order valence-electron chi connectivity index (χ3n) is 3.67. The van der Waals surface area contributed by atoms with Gasteiger partial charge in [0.15, 0.2) is 5.78 Å². The average molecular weight is 349 g/mol. The predicted molar refractivity (Wildman–Crippen MR) is 98.3 cm³/mol. The van der Waals surface area contributed by atoms with E-state index in [2.05, 4.69) is 15.6 Å². The molecule has 0 atom stereocenters. The molecule has 0 bridgehead atoms. The van der Waals surface area contributed by atoms with Gasteiger partial charge in [0.05, 0.1) is 11.9 Å². The largest absolute Gasteiger partial charge is 0.354 e. The van der Waals surface area contributed by atoms with Crippen LogP contribution in [0.25, 0.3) is 0 Å². The minimum atomic E-state index is -0.399. The summed E-state index contributed by atoms with van der Waals surface area (Å²) in [6.07, 6.45) is 1.57. The van der Waals surface area contributed by atoms with Gasteiger partial charge >= 0.3 is 0 Å². The number of nitrogens with one attached hydrogen (secondary N) is 2. The fourth-order valence-corrected chi connectivity index (χ4v) is 2.31. The molecule has 0 saturated carbocycles. The van der Waals surface area contributed by atoms with Gasteiger partial charge in [0, 0.05) is 16.8 Å². The Balaban J connectivity index is 1.66. The Bertz CT molecular complexity index is 938. The first-order valence-corrected chi connectivity index (χ1v) is 7.92. The van der Waals surface area contributed by atoms with E-state index in [4.69, 9.17) is 0 Å². The highest BCUT2D eigenvalue weighted by atomic mass is 19.1. The van der Waals surface area contributed by atoms with Gasteiger partial charge in [0.25, 0.3) is 5.91 Å². The van der Waals surface area contributed by atoms with Crippen LogP contribution in [-0.4, -0.2) is 16.7 Å². The van der Waals surface area contributed by atoms with Crippen molar-refractivity contribution >= 4 is 28.9 Å². The minimum absolute atomic E-state index is 0.00868. The van der Waals surface area contributed by atoms with Crippen molar-refractivity contribution in [3.8, 4) is 0 Å². The van der Waals surface area contributed by atoms with Crippen LogP contribution < -0.4 is 10.6 Å². The van der Waals surface area contributed by atoms with Crippen LogP contribution in [0.15, 0.2) is 66.9 Å². The zero-order valence-electron chi connectivity index (χ0n) is 14.0. The van der Waals surface area contributed by atoms with E-state index in [1.807, 2.05) is 6.07 Å². The van der Waals surface area contributed by atoms with Crippen LogP contribution in [-0.2, 0) is 0 Å². The molecule has 0 spiro atoms. The second-order valence-electron chi connectivity index (χ2n) is 5.66. The molecule has 6 heteroatoms. The summed E-state index contributed by atoms with van der Waals surface area (Å²) < 4.78 is 12.9. The maximum absolute atomic E-state index is 12.9. The number of Topliss-reactive ketones (excluding diaryl/α,β-unsaturated/α-hetero) is 1. The topological polar surface area (TPSA) is 71.1 Å². The molecule has 1 heterocycles. The second kappa shape index (κ2) is 7.57. The molecule has 3 aromatic rings. The van der Waals surface area contributed by atoms with Crippen LogP contribution >= 0.6 is 0 Å². The van der Waals surface area contributed by atoms with Crippen molar-refractivity contribution in [2.24, 2.45) is 0 Å². The first-order chi connectivity index (χ1) is 12.5. The molecule has 0 radical (unpaired) electrons. The fourth-order valence-electron chi connectivity index (χ4n) is 2.31. The van der Waals surface area contributed by atoms with Gasteiger partial charge in [0.2, 0.25) is 0 Å². The lowest BCUT2D eigenvalue weighted by Crippen LogP contribution is -2.12. The number of nitrogens with zero attached hydrogens (tertiary/aromatic N) is 1. The molecule has 0 aliphatic rings. The fraction of sp³-hybridized carbons (Fsp3) is 0.0500. The molecule has 1 aromatic heterocycles. The number of rotatable bonds is 5. The number of pyridine rings is 1. The van der Waals surface area contributed by atoms with Gasteiger partial charge in [-0.1, -0.05) is 12.1 Å². The van der Waals surface area contributed by atoms with Crippen molar-refractivity contribution in [1.82, 2.24) is 4.98 Å². The number of aromatic nitrogens is 1. The van der Waals surface area contributed by atoms with Gasteiger partial charge in [-0.3, -0.25) is 9.59 Å². The molecule has 1 amide bonds. The van der Waals surface area contributed by atoms with Gasteiger partial charge in [-0.25, -0.2) is 9.37 Å². The van der Waals surface area contributed by atoms with Crippen molar-refractivity contribution in [2.75, 3.05) is 10.6 Å². The minimum Gasteiger partial charge on any atom is -0.354 e. The molecule has 0 saturated heterocycles. The maximum Gasteiger partial charge on any atom is 0.256 e. The summed E-state index contributed by atoms with van der Waals surface area (Å²) in [5.74, 6) is -0.399. The number of halogens is 1. The standard InChI is InChI=1S/C20H16FN3O2/c1-13(25)15-3-2-4-17(11-15)23-18-9-10-19(22-12-18)24-20(26)14-5-7-16(21)8-6-14/h2-12,23H,1H3,(H,22,24,26). The number of carbonyl (C=O) groups excluding carboxylic acids is 2. The lowest BCUT2D eigenvalue weighted by molar-refractivity contribution is 0.101. The first-order valence-electron chi connectivity index (χ1n) is 7.92. The van der Waals surface area contributed by atoms with Crippen LogP contribution in [0.1, 0.15) is 27.6 Å². The van der Waals surface area contributed by atoms with E-state index in [1.165, 1.54) is 31.2 Å². The Hall–Kier alpha value is -3.54. The number of carbonyl (C=O) groups is 2. The van der Waals surface area contributed by atoms with Gasteiger partial charge in [0.1, 0.15) is 11.6 Å². The molecule has 5 nitrogen and oxygen atoms in total. The molecule has 2 aromatic carbocycles. The lowest BCUT2D eigenvalue weighted by atomic mass is 10.1. The van der Waals surface area contributed by atoms with Gasteiger partial charge in [-0.05, 0) is 55.5 Å². The highest BCUT2D eigenvalue weighted by Gasteiger charge is 2.07. The first kappa shape index (κ1) is 17.3. The van der Waals surface area contributed by atoms with Crippen LogP contribution in [0.3, 0.4) is 0 Å². The number of ketones is 1. The van der Waals surface area contributed by atoms with E-state index in [-0.39, 0.29) is 11.7 Å². The summed E-state index contributed by atoms with van der Waals surface area (Å²) in [6.45, 7) is 1.51. The quantitative estimate of drug-likeness (QED) is 0.669. The van der Waals surface area contributed by atoms with Crippen LogP contribution in [0.4, 0.5) is 21.6 Å². The number of hydrogen-bond donors (Lipinski definition) is 2. The van der Waals surface area contributed by atoms with Crippen molar-refractivity contribution in [3.63, 3.8) is 0 Å². The van der Waals surface area contributed by atoms with Crippen molar-refractivity contribution in [2.45, 2.75) is 6.92 Å². The van der Waals surface area contributed by atoms with Gasteiger partial charge in [-0.2, -0.15) is 0 Å². The molecular formula is C20H16FN3O2. The van der Waals surface area contributed by atoms with Crippen molar-refractivity contribution in [1.29, 1.82) is 0 Å². The highest BCUT2D eigenvalue weighted by molar-refractivity contribution is 6.03. The maximum atomic E-state index is 12.9. The molecule has 3 rings (SSSR count). The van der Waals surface area contributed by atoms with E-state index >= 15 is 0 Å². The van der Waals surface area contributed by atoms with Crippen LogP contribution in [0.5, 0.6) is 0 Å². The average Bonchev–Trinajstić information content (AvgIpc) is 2.64. The molecule has 130 valence electrons. The summed E-state index contributed by atoms with van der Waals surface area (Å²) in [7, 11) is 0. The second-order valence-corrected chi connectivity index (χ2v) is 5.66. The predicted octanol–water partition coefficient (Wildman–Crippen LogP) is 4.42. The molecule has 0 aliphatic heterocycles. The normalized spacial score (nSPS) is 10.2. The SMILES string of the molecule is CC(=O)c1cccc(Nc2ccc(NC(=O)c3ccc(F)cc3)nc2)c1. The van der Waals surface area contributed by atoms with E-state index in [0.29, 0.717) is 22.6 Å². The number of hydrogen-bond acceptors (Lipinski definition) is 4. The smallest absolute Gasteiger partial charge is 0.256 e. The van der Waals surface area contributed by atoms with Crippen molar-refractivity contribution in [3.05, 3.63) is 83.8 Å². The molecule has 26 heavy (non-hydrogen) atoms. The van der Waals surface area contributed by atoms with Crippen LogP contribution in [0, 0.1) is 5.82 Å². The Morgan fingerprint density at radius 2 is 1.69 bits per heavy atom. The van der Waals surface area contributed by atoms with E-state index in [9.17, 15) is 14.0 Å². The van der Waals surface area contributed by atoms with Gasteiger partial charge < -0.3 is 10.6 Å². The zero-order valence-corrected chi connectivity index (χ0v) is 14.0.